The Kier molecular flexibility index (Phi) is 3.46. The van der Waals surface area contributed by atoms with Gasteiger partial charge in [-0.05, 0) is 30.3 Å². The lowest BCUT2D eigenvalue weighted by Gasteiger charge is -2.30. The van der Waals surface area contributed by atoms with E-state index < -0.39 is 0 Å². The zero-order valence-electron chi connectivity index (χ0n) is 12.4. The fourth-order valence-electron chi connectivity index (χ4n) is 2.84. The maximum Gasteiger partial charge on any atom is 0.153 e. The highest BCUT2D eigenvalue weighted by atomic mass is 19.1. The topological polar surface area (TPSA) is 36.9 Å². The monoisotopic (exact) mass is 315 g/mol. The van der Waals surface area contributed by atoms with Crippen molar-refractivity contribution in [1.29, 1.82) is 0 Å². The van der Waals surface area contributed by atoms with Crippen molar-refractivity contribution in [3.8, 4) is 11.5 Å². The van der Waals surface area contributed by atoms with Crippen LogP contribution in [0.5, 0.6) is 11.5 Å². The van der Waals surface area contributed by atoms with Gasteiger partial charge in [0.25, 0.3) is 0 Å². The fourth-order valence-corrected chi connectivity index (χ4v) is 2.84. The first-order valence-electron chi connectivity index (χ1n) is 7.52. The molecule has 0 unspecified atom stereocenters. The van der Waals surface area contributed by atoms with E-state index in [1.165, 1.54) is 24.3 Å². The van der Waals surface area contributed by atoms with Gasteiger partial charge in [0.15, 0.2) is 5.75 Å². The van der Waals surface area contributed by atoms with Gasteiger partial charge in [-0.1, -0.05) is 0 Å². The maximum atomic E-state index is 13.8. The summed E-state index contributed by atoms with van der Waals surface area (Å²) in [4.78, 5) is 6.66. The van der Waals surface area contributed by atoms with Crippen LogP contribution < -0.4 is 10.1 Å². The molecule has 0 atom stereocenters. The lowest BCUT2D eigenvalue weighted by molar-refractivity contribution is 0.357. The largest absolute Gasteiger partial charge is 0.454 e. The molecule has 4 nitrogen and oxygen atoms in total. The van der Waals surface area contributed by atoms with Crippen molar-refractivity contribution < 1.29 is 13.5 Å². The van der Waals surface area contributed by atoms with Crippen LogP contribution >= 0.6 is 0 Å². The zero-order valence-corrected chi connectivity index (χ0v) is 12.4. The molecule has 118 valence electrons. The van der Waals surface area contributed by atoms with E-state index in [1.807, 2.05) is 0 Å². The number of benzene rings is 2. The Balaban J connectivity index is 1.89. The van der Waals surface area contributed by atoms with Gasteiger partial charge in [-0.2, -0.15) is 0 Å². The number of nitrogens with one attached hydrogen (secondary N) is 1. The molecule has 2 aliphatic heterocycles. The van der Waals surface area contributed by atoms with Gasteiger partial charge >= 0.3 is 0 Å². The number of hydrogen-bond acceptors (Lipinski definition) is 4. The van der Waals surface area contributed by atoms with Gasteiger partial charge in [-0.15, -0.1) is 0 Å². The molecule has 0 aliphatic carbocycles. The van der Waals surface area contributed by atoms with Gasteiger partial charge in [0.1, 0.15) is 28.9 Å². The average Bonchev–Trinajstić information content (AvgIpc) is 2.72. The lowest BCUT2D eigenvalue weighted by atomic mass is 10.1. The first kappa shape index (κ1) is 14.1. The van der Waals surface area contributed by atoms with Crippen LogP contribution in [0.4, 0.5) is 14.5 Å². The van der Waals surface area contributed by atoms with Gasteiger partial charge in [-0.25, -0.2) is 13.8 Å². The quantitative estimate of drug-likeness (QED) is 0.812. The molecular weight excluding hydrogens is 300 g/mol. The van der Waals surface area contributed by atoms with Crippen LogP contribution in [0.25, 0.3) is 0 Å². The molecule has 2 aromatic carbocycles. The summed E-state index contributed by atoms with van der Waals surface area (Å²) in [6.45, 7) is 3.14. The van der Waals surface area contributed by atoms with Gasteiger partial charge < -0.3 is 15.0 Å². The average molecular weight is 315 g/mol. The highest BCUT2D eigenvalue weighted by Gasteiger charge is 2.24. The molecule has 0 amide bonds. The van der Waals surface area contributed by atoms with Crippen molar-refractivity contribution in [3.63, 3.8) is 0 Å². The standard InChI is InChI=1S/C17H15F2N3O/c18-11-1-3-15-13(9-11)17(22-7-5-20-6-8-22)21-14-10-12(19)2-4-16(14)23-15/h1-4,9-10,20H,5-8H2. The molecule has 0 bridgehead atoms. The molecule has 0 radical (unpaired) electrons. The van der Waals surface area contributed by atoms with Gasteiger partial charge in [0, 0.05) is 32.2 Å². The van der Waals surface area contributed by atoms with E-state index in [2.05, 4.69) is 15.2 Å². The number of hydrogen-bond donors (Lipinski definition) is 1. The van der Waals surface area contributed by atoms with Crippen LogP contribution in [-0.4, -0.2) is 36.9 Å². The molecule has 23 heavy (non-hydrogen) atoms. The molecule has 6 heteroatoms. The molecule has 0 saturated carbocycles. The summed E-state index contributed by atoms with van der Waals surface area (Å²) in [6.07, 6.45) is 0. The molecule has 2 aliphatic rings. The van der Waals surface area contributed by atoms with E-state index in [1.54, 1.807) is 12.1 Å². The van der Waals surface area contributed by atoms with Crippen LogP contribution in [0, 0.1) is 11.6 Å². The number of amidine groups is 1. The van der Waals surface area contributed by atoms with Crippen molar-refractivity contribution in [2.45, 2.75) is 0 Å². The Morgan fingerprint density at radius 3 is 2.43 bits per heavy atom. The summed E-state index contributed by atoms with van der Waals surface area (Å²) < 4.78 is 33.2. The second kappa shape index (κ2) is 5.62. The highest BCUT2D eigenvalue weighted by Crippen LogP contribution is 2.38. The number of fused-ring (bicyclic) bond motifs is 2. The van der Waals surface area contributed by atoms with Crippen molar-refractivity contribution in [1.82, 2.24) is 10.2 Å². The van der Waals surface area contributed by atoms with E-state index >= 15 is 0 Å². The number of halogens is 2. The Hall–Kier alpha value is -2.47. The molecular formula is C17H15F2N3O. The number of nitrogens with zero attached hydrogens (tertiary/aromatic N) is 2. The molecule has 0 spiro atoms. The van der Waals surface area contributed by atoms with Crippen molar-refractivity contribution >= 4 is 11.5 Å². The normalized spacial score (nSPS) is 16.8. The van der Waals surface area contributed by atoms with E-state index in [-0.39, 0.29) is 11.6 Å². The number of ether oxygens (including phenoxy) is 1. The van der Waals surface area contributed by atoms with Crippen LogP contribution in [0.2, 0.25) is 0 Å². The maximum absolute atomic E-state index is 13.8. The van der Waals surface area contributed by atoms with Crippen molar-refractivity contribution in [2.75, 3.05) is 26.2 Å². The second-order valence-electron chi connectivity index (χ2n) is 5.53. The van der Waals surface area contributed by atoms with Crippen LogP contribution in [-0.2, 0) is 0 Å². The molecule has 1 saturated heterocycles. The molecule has 1 fully saturated rings. The number of aliphatic imine (C=N–C) groups is 1. The SMILES string of the molecule is Fc1ccc2c(c1)N=C(N1CCNCC1)c1cc(F)ccc1O2. The number of piperazine rings is 1. The molecule has 0 aromatic heterocycles. The van der Waals surface area contributed by atoms with Crippen molar-refractivity contribution in [3.05, 3.63) is 53.6 Å². The second-order valence-corrected chi connectivity index (χ2v) is 5.53. The fraction of sp³-hybridized carbons (Fsp3) is 0.235. The predicted molar refractivity (Wildman–Crippen MR) is 83.5 cm³/mol. The Morgan fingerprint density at radius 2 is 1.65 bits per heavy atom. The minimum atomic E-state index is -0.382. The summed E-state index contributed by atoms with van der Waals surface area (Å²) >= 11 is 0. The Labute approximate surface area is 132 Å². The summed E-state index contributed by atoms with van der Waals surface area (Å²) in [5, 5.41) is 3.27. The highest BCUT2D eigenvalue weighted by molar-refractivity contribution is 6.03. The van der Waals surface area contributed by atoms with Gasteiger partial charge in [0.2, 0.25) is 0 Å². The molecule has 1 N–H and O–H groups in total. The van der Waals surface area contributed by atoms with Crippen LogP contribution in [0.3, 0.4) is 0 Å². The number of rotatable bonds is 0. The van der Waals surface area contributed by atoms with E-state index in [9.17, 15) is 8.78 Å². The van der Waals surface area contributed by atoms with E-state index in [4.69, 9.17) is 4.74 Å². The molecule has 2 aromatic rings. The zero-order chi connectivity index (χ0) is 15.8. The third-order valence-corrected chi connectivity index (χ3v) is 3.97. The Morgan fingerprint density at radius 1 is 0.957 bits per heavy atom. The minimum absolute atomic E-state index is 0.354. The summed E-state index contributed by atoms with van der Waals surface area (Å²) in [6, 6.07) is 8.55. The third-order valence-electron chi connectivity index (χ3n) is 3.97. The van der Waals surface area contributed by atoms with Crippen LogP contribution in [0.1, 0.15) is 5.56 Å². The van der Waals surface area contributed by atoms with Gasteiger partial charge in [0.05, 0.1) is 5.56 Å². The summed E-state index contributed by atoms with van der Waals surface area (Å²) in [5.74, 6) is 0.865. The Bertz CT molecular complexity index is 785. The predicted octanol–water partition coefficient (Wildman–Crippen LogP) is 3.05. The van der Waals surface area contributed by atoms with E-state index in [0.717, 1.165) is 26.2 Å². The molecule has 2 heterocycles. The van der Waals surface area contributed by atoms with Crippen LogP contribution in [0.15, 0.2) is 41.4 Å². The summed E-state index contributed by atoms with van der Waals surface area (Å²) in [7, 11) is 0. The first-order valence-corrected chi connectivity index (χ1v) is 7.52. The first-order chi connectivity index (χ1) is 11.2. The van der Waals surface area contributed by atoms with Gasteiger partial charge in [-0.3, -0.25) is 0 Å². The van der Waals surface area contributed by atoms with E-state index in [0.29, 0.717) is 28.6 Å². The summed E-state index contributed by atoms with van der Waals surface area (Å²) in [5.41, 5.74) is 0.999. The minimum Gasteiger partial charge on any atom is -0.454 e. The molecule has 4 rings (SSSR count). The lowest BCUT2D eigenvalue weighted by Crippen LogP contribution is -2.46. The third kappa shape index (κ3) is 2.66. The van der Waals surface area contributed by atoms with Crippen molar-refractivity contribution in [2.24, 2.45) is 4.99 Å². The smallest absolute Gasteiger partial charge is 0.153 e.